The van der Waals surface area contributed by atoms with Crippen LogP contribution in [0.4, 0.5) is 24.9 Å². The molecule has 196 valence electrons. The largest absolute Gasteiger partial charge is 0.451 e. The number of anilines is 2. The van der Waals surface area contributed by atoms with E-state index in [1.165, 1.54) is 15.9 Å². The summed E-state index contributed by atoms with van der Waals surface area (Å²) in [6.45, 7) is 7.05. The van der Waals surface area contributed by atoms with Crippen molar-refractivity contribution in [1.82, 2.24) is 30.0 Å². The second-order valence-electron chi connectivity index (χ2n) is 9.14. The molecule has 2 aliphatic rings. The number of rotatable bonds is 5. The average Bonchev–Trinajstić information content (AvgIpc) is 3.47. The third-order valence-electron chi connectivity index (χ3n) is 6.27. The summed E-state index contributed by atoms with van der Waals surface area (Å²) in [4.78, 5) is 25.4. The summed E-state index contributed by atoms with van der Waals surface area (Å²) in [6.07, 6.45) is 0.445. The van der Waals surface area contributed by atoms with Crippen LogP contribution in [0.2, 0.25) is 0 Å². The Morgan fingerprint density at radius 1 is 1.19 bits per heavy atom. The fourth-order valence-corrected chi connectivity index (χ4v) is 5.74. The highest BCUT2D eigenvalue weighted by Gasteiger charge is 2.40. The Kier molecular flexibility index (Phi) is 7.96. The minimum atomic E-state index is -4.50. The van der Waals surface area contributed by atoms with Gasteiger partial charge in [-0.25, -0.2) is 4.98 Å². The third kappa shape index (κ3) is 5.55. The molecule has 0 aliphatic carbocycles. The molecule has 5 heterocycles. The molecule has 1 atom stereocenters. The minimum Gasteiger partial charge on any atom is -0.362 e. The minimum absolute atomic E-state index is 0.171. The van der Waals surface area contributed by atoms with E-state index in [9.17, 15) is 13.2 Å². The summed E-state index contributed by atoms with van der Waals surface area (Å²) in [5, 5.41) is 10.5. The number of thiophene rings is 1. The van der Waals surface area contributed by atoms with Crippen LogP contribution in [0, 0.1) is 5.92 Å². The molecule has 2 aliphatic heterocycles. The van der Waals surface area contributed by atoms with E-state index in [1.54, 1.807) is 18.4 Å². The van der Waals surface area contributed by atoms with Gasteiger partial charge in [0.15, 0.2) is 5.82 Å². The Morgan fingerprint density at radius 3 is 2.64 bits per heavy atom. The molecule has 1 saturated heterocycles. The van der Waals surface area contributed by atoms with Crippen molar-refractivity contribution in [3.8, 4) is 0 Å². The van der Waals surface area contributed by atoms with Crippen LogP contribution in [0.1, 0.15) is 49.6 Å². The summed E-state index contributed by atoms with van der Waals surface area (Å²) in [6, 6.07) is 2.14. The summed E-state index contributed by atoms with van der Waals surface area (Å²) in [5.41, 5.74) is 0. The Balaban J connectivity index is 0.000000709. The highest BCUT2D eigenvalue weighted by Crippen LogP contribution is 2.36. The van der Waals surface area contributed by atoms with Gasteiger partial charge in [0.1, 0.15) is 10.6 Å². The number of piperidine rings is 1. The Hall–Kier alpha value is -2.96. The predicted octanol–water partition coefficient (Wildman–Crippen LogP) is 3.87. The molecule has 0 radical (unpaired) electrons. The Labute approximate surface area is 211 Å². The number of halogens is 3. The highest BCUT2D eigenvalue weighted by molar-refractivity contribution is 7.18. The number of carbonyl (C=O) groups is 1. The topological polar surface area (TPSA) is 92.1 Å². The Bertz CT molecular complexity index is 1190. The van der Waals surface area contributed by atoms with E-state index < -0.39 is 12.0 Å². The fourth-order valence-electron chi connectivity index (χ4n) is 4.62. The molecule has 1 amide bonds. The standard InChI is InChI=1S/C21H26F3N7S.C2H5NO/c1-3-5-14-10-15-17(25-20(26-18(15)32-14)30-7-4-6-13(2)11-30)29-8-9-31-16(12-29)27-28-19(31)21(22,23)24;1-3-2-4/h10,13H,3-9,11-12H2,1-2H3;2H,1H3,(H,3,4). The normalized spacial score (nSPS) is 18.0. The molecule has 5 rings (SSSR count). The first-order valence-corrected chi connectivity index (χ1v) is 13.0. The number of alkyl halides is 3. The van der Waals surface area contributed by atoms with Crippen molar-refractivity contribution >= 4 is 39.7 Å². The van der Waals surface area contributed by atoms with Crippen LogP contribution in [0.3, 0.4) is 0 Å². The highest BCUT2D eigenvalue weighted by atomic mass is 32.1. The summed E-state index contributed by atoms with van der Waals surface area (Å²) in [7, 11) is 1.56. The molecule has 1 fully saturated rings. The van der Waals surface area contributed by atoms with E-state index in [4.69, 9.17) is 14.8 Å². The number of carbonyl (C=O) groups excluding carboxylic acids is 1. The van der Waals surface area contributed by atoms with Crippen LogP contribution in [0.15, 0.2) is 6.07 Å². The van der Waals surface area contributed by atoms with Gasteiger partial charge in [-0.3, -0.25) is 4.79 Å². The first-order chi connectivity index (χ1) is 17.2. The van der Waals surface area contributed by atoms with Gasteiger partial charge in [0.05, 0.1) is 11.9 Å². The number of nitrogens with one attached hydrogen (secondary N) is 1. The van der Waals surface area contributed by atoms with E-state index in [2.05, 4.69) is 40.3 Å². The zero-order valence-electron chi connectivity index (χ0n) is 20.7. The fraction of sp³-hybridized carbons (Fsp3) is 0.609. The van der Waals surface area contributed by atoms with Crippen molar-refractivity contribution in [1.29, 1.82) is 0 Å². The molecule has 3 aromatic rings. The molecule has 3 aromatic heterocycles. The van der Waals surface area contributed by atoms with E-state index in [0.717, 1.165) is 48.4 Å². The number of fused-ring (bicyclic) bond motifs is 2. The lowest BCUT2D eigenvalue weighted by Crippen LogP contribution is -2.38. The second-order valence-corrected chi connectivity index (χ2v) is 10.3. The van der Waals surface area contributed by atoms with Crippen LogP contribution >= 0.6 is 11.3 Å². The summed E-state index contributed by atoms with van der Waals surface area (Å²) < 4.78 is 40.9. The maximum atomic E-state index is 13.2. The lowest BCUT2D eigenvalue weighted by molar-refractivity contribution is -0.147. The van der Waals surface area contributed by atoms with Gasteiger partial charge in [-0.15, -0.1) is 21.5 Å². The molecule has 1 unspecified atom stereocenters. The van der Waals surface area contributed by atoms with E-state index in [0.29, 0.717) is 30.6 Å². The number of aryl methyl sites for hydroxylation is 1. The van der Waals surface area contributed by atoms with Gasteiger partial charge in [-0.1, -0.05) is 20.3 Å². The monoisotopic (exact) mass is 524 g/mol. The second kappa shape index (κ2) is 11.0. The van der Waals surface area contributed by atoms with Crippen molar-refractivity contribution in [2.75, 3.05) is 36.5 Å². The molecule has 36 heavy (non-hydrogen) atoms. The van der Waals surface area contributed by atoms with Gasteiger partial charge in [-0.05, 0) is 31.2 Å². The van der Waals surface area contributed by atoms with Crippen LogP contribution in [0.5, 0.6) is 0 Å². The molecule has 13 heteroatoms. The lowest BCUT2D eigenvalue weighted by Gasteiger charge is -2.33. The summed E-state index contributed by atoms with van der Waals surface area (Å²) in [5.74, 6) is 1.47. The van der Waals surface area contributed by atoms with Crippen molar-refractivity contribution in [2.24, 2.45) is 5.92 Å². The average molecular weight is 525 g/mol. The van der Waals surface area contributed by atoms with Gasteiger partial charge in [0.25, 0.3) is 0 Å². The van der Waals surface area contributed by atoms with Crippen molar-refractivity contribution in [3.05, 3.63) is 22.6 Å². The number of hydrogen-bond acceptors (Lipinski definition) is 8. The zero-order valence-corrected chi connectivity index (χ0v) is 21.5. The lowest BCUT2D eigenvalue weighted by atomic mass is 10.0. The van der Waals surface area contributed by atoms with Crippen LogP contribution < -0.4 is 15.1 Å². The maximum Gasteiger partial charge on any atom is 0.451 e. The van der Waals surface area contributed by atoms with Crippen LogP contribution in [-0.4, -0.2) is 57.8 Å². The van der Waals surface area contributed by atoms with Gasteiger partial charge >= 0.3 is 6.18 Å². The zero-order chi connectivity index (χ0) is 25.9. The Morgan fingerprint density at radius 2 is 1.97 bits per heavy atom. The van der Waals surface area contributed by atoms with Crippen molar-refractivity contribution < 1.29 is 18.0 Å². The van der Waals surface area contributed by atoms with Gasteiger partial charge in [0.2, 0.25) is 18.2 Å². The molecule has 0 aromatic carbocycles. The SMILES string of the molecule is CCCc1cc2c(N3CCn4c(nnc4C(F)(F)F)C3)nc(N3CCCC(C)C3)nc2s1.CNC=O. The number of nitrogens with zero attached hydrogens (tertiary/aromatic N) is 7. The summed E-state index contributed by atoms with van der Waals surface area (Å²) >= 11 is 1.69. The molecular formula is C23H31F3N8OS. The molecule has 0 spiro atoms. The molecule has 9 nitrogen and oxygen atoms in total. The van der Waals surface area contributed by atoms with Crippen molar-refractivity contribution in [3.63, 3.8) is 0 Å². The van der Waals surface area contributed by atoms with E-state index in [-0.39, 0.29) is 13.1 Å². The molecule has 0 bridgehead atoms. The molecule has 1 N–H and O–H groups in total. The van der Waals surface area contributed by atoms with Gasteiger partial charge in [0, 0.05) is 38.1 Å². The number of aromatic nitrogens is 5. The number of amides is 1. The third-order valence-corrected chi connectivity index (χ3v) is 7.36. The first-order valence-electron chi connectivity index (χ1n) is 12.2. The van der Waals surface area contributed by atoms with Crippen LogP contribution in [0.25, 0.3) is 10.2 Å². The smallest absolute Gasteiger partial charge is 0.362 e. The van der Waals surface area contributed by atoms with E-state index >= 15 is 0 Å². The maximum absolute atomic E-state index is 13.2. The van der Waals surface area contributed by atoms with Crippen LogP contribution in [-0.2, 0) is 30.5 Å². The first kappa shape index (κ1) is 26.1. The quantitative estimate of drug-likeness (QED) is 0.507. The molecule has 0 saturated carbocycles. The van der Waals surface area contributed by atoms with Gasteiger partial charge < -0.3 is 19.7 Å². The van der Waals surface area contributed by atoms with Crippen molar-refractivity contribution in [2.45, 2.75) is 58.8 Å². The van der Waals surface area contributed by atoms with E-state index in [1.807, 2.05) is 4.90 Å². The predicted molar refractivity (Wildman–Crippen MR) is 133 cm³/mol. The number of hydrogen-bond donors (Lipinski definition) is 1. The van der Waals surface area contributed by atoms with Gasteiger partial charge in [-0.2, -0.15) is 18.2 Å². The molecular weight excluding hydrogens is 493 g/mol.